The molecule has 0 saturated carbocycles. The van der Waals surface area contributed by atoms with E-state index in [1.807, 2.05) is 19.1 Å². The number of esters is 1. The summed E-state index contributed by atoms with van der Waals surface area (Å²) in [7, 11) is 1.33. The van der Waals surface area contributed by atoms with E-state index in [1.165, 1.54) is 7.11 Å². The molecule has 1 aromatic carbocycles. The van der Waals surface area contributed by atoms with Gasteiger partial charge < -0.3 is 15.2 Å². The van der Waals surface area contributed by atoms with Crippen LogP contribution in [0.15, 0.2) is 22.7 Å². The molecule has 0 bridgehead atoms. The summed E-state index contributed by atoms with van der Waals surface area (Å²) in [6.07, 6.45) is -0.660. The van der Waals surface area contributed by atoms with Gasteiger partial charge >= 0.3 is 5.97 Å². The number of hydrogen-bond donors (Lipinski definition) is 1. The van der Waals surface area contributed by atoms with Gasteiger partial charge in [-0.3, -0.25) is 0 Å². The second-order valence-electron chi connectivity index (χ2n) is 3.75. The van der Waals surface area contributed by atoms with Crippen molar-refractivity contribution in [3.8, 4) is 5.75 Å². The highest BCUT2D eigenvalue weighted by molar-refractivity contribution is 9.10. The van der Waals surface area contributed by atoms with Crippen molar-refractivity contribution in [1.82, 2.24) is 0 Å². The van der Waals surface area contributed by atoms with E-state index in [-0.39, 0.29) is 6.04 Å². The number of ether oxygens (including phenoxy) is 2. The Kier molecular flexibility index (Phi) is 4.96. The lowest BCUT2D eigenvalue weighted by Gasteiger charge is -2.17. The van der Waals surface area contributed by atoms with Crippen LogP contribution < -0.4 is 10.5 Å². The van der Waals surface area contributed by atoms with Gasteiger partial charge in [-0.2, -0.15) is 0 Å². The van der Waals surface area contributed by atoms with Crippen molar-refractivity contribution in [3.63, 3.8) is 0 Å². The van der Waals surface area contributed by atoms with Gasteiger partial charge in [0.2, 0.25) is 0 Å². The second kappa shape index (κ2) is 6.02. The zero-order chi connectivity index (χ0) is 13.0. The summed E-state index contributed by atoms with van der Waals surface area (Å²) in [6.45, 7) is 3.50. The van der Waals surface area contributed by atoms with Gasteiger partial charge in [-0.1, -0.05) is 22.0 Å². The van der Waals surface area contributed by atoms with Crippen LogP contribution in [0.4, 0.5) is 0 Å². The molecule has 0 aliphatic heterocycles. The number of nitrogens with two attached hydrogens (primary N) is 1. The van der Waals surface area contributed by atoms with E-state index in [1.54, 1.807) is 13.0 Å². The molecule has 0 fully saturated rings. The van der Waals surface area contributed by atoms with Gasteiger partial charge in [0.25, 0.3) is 0 Å². The summed E-state index contributed by atoms with van der Waals surface area (Å²) in [4.78, 5) is 11.3. The maximum atomic E-state index is 11.3. The Labute approximate surface area is 109 Å². The molecule has 0 aromatic heterocycles. The van der Waals surface area contributed by atoms with Crippen LogP contribution in [0.25, 0.3) is 0 Å². The minimum absolute atomic E-state index is 0.164. The maximum Gasteiger partial charge on any atom is 0.346 e. The molecule has 1 rings (SSSR count). The maximum absolute atomic E-state index is 11.3. The average molecular weight is 302 g/mol. The number of halogens is 1. The zero-order valence-corrected chi connectivity index (χ0v) is 11.7. The van der Waals surface area contributed by atoms with Crippen LogP contribution >= 0.6 is 15.9 Å². The van der Waals surface area contributed by atoms with Crippen molar-refractivity contribution in [2.45, 2.75) is 26.0 Å². The molecular weight excluding hydrogens is 286 g/mol. The Balaban J connectivity index is 2.96. The monoisotopic (exact) mass is 301 g/mol. The zero-order valence-electron chi connectivity index (χ0n) is 10.1. The number of methoxy groups -OCH3 is 1. The third-order valence-electron chi connectivity index (χ3n) is 2.30. The van der Waals surface area contributed by atoms with E-state index in [9.17, 15) is 4.79 Å². The largest absolute Gasteiger partial charge is 0.479 e. The summed E-state index contributed by atoms with van der Waals surface area (Å²) in [5.74, 6) is 0.174. The van der Waals surface area contributed by atoms with Crippen LogP contribution in [-0.2, 0) is 9.53 Å². The normalized spacial score (nSPS) is 13.9. The van der Waals surface area contributed by atoms with E-state index in [4.69, 9.17) is 10.5 Å². The standard InChI is InChI=1S/C12H16BrNO3/c1-7(14)10-5-4-9(13)6-11(10)17-8(2)12(15)16-3/h4-8H,14H2,1-3H3/t7-,8?/m1/s1. The lowest BCUT2D eigenvalue weighted by Crippen LogP contribution is -2.25. The fraction of sp³-hybridized carbons (Fsp3) is 0.417. The molecule has 2 atom stereocenters. The Bertz CT molecular complexity index is 407. The lowest BCUT2D eigenvalue weighted by atomic mass is 10.1. The summed E-state index contributed by atoms with van der Waals surface area (Å²) in [5, 5.41) is 0. The summed E-state index contributed by atoms with van der Waals surface area (Å²) in [6, 6.07) is 5.38. The van der Waals surface area contributed by atoms with Crippen LogP contribution in [0.2, 0.25) is 0 Å². The molecule has 2 N–H and O–H groups in total. The number of carbonyl (C=O) groups excluding carboxylic acids is 1. The SMILES string of the molecule is COC(=O)C(C)Oc1cc(Br)ccc1[C@@H](C)N. The highest BCUT2D eigenvalue weighted by Gasteiger charge is 2.17. The van der Waals surface area contributed by atoms with Gasteiger partial charge in [0.15, 0.2) is 6.10 Å². The van der Waals surface area contributed by atoms with Crippen molar-refractivity contribution in [3.05, 3.63) is 28.2 Å². The first-order chi connectivity index (χ1) is 7.95. The first kappa shape index (κ1) is 14.0. The van der Waals surface area contributed by atoms with E-state index in [0.717, 1.165) is 10.0 Å². The molecule has 4 nitrogen and oxygen atoms in total. The van der Waals surface area contributed by atoms with Crippen LogP contribution in [0.3, 0.4) is 0 Å². The molecule has 0 saturated heterocycles. The first-order valence-electron chi connectivity index (χ1n) is 5.25. The predicted molar refractivity (Wildman–Crippen MR) is 68.9 cm³/mol. The van der Waals surface area contributed by atoms with Gasteiger partial charge in [-0.25, -0.2) is 4.79 Å². The molecule has 5 heteroatoms. The molecule has 17 heavy (non-hydrogen) atoms. The number of carbonyl (C=O) groups is 1. The fourth-order valence-electron chi connectivity index (χ4n) is 1.39. The highest BCUT2D eigenvalue weighted by Crippen LogP contribution is 2.28. The summed E-state index contributed by atoms with van der Waals surface area (Å²) in [5.41, 5.74) is 6.69. The smallest absolute Gasteiger partial charge is 0.346 e. The minimum atomic E-state index is -0.660. The van der Waals surface area contributed by atoms with Gasteiger partial charge in [-0.15, -0.1) is 0 Å². The molecule has 0 amide bonds. The van der Waals surface area contributed by atoms with Crippen LogP contribution in [0, 0.1) is 0 Å². The number of benzene rings is 1. The van der Waals surface area contributed by atoms with Gasteiger partial charge in [0.1, 0.15) is 5.75 Å². The number of rotatable bonds is 4. The van der Waals surface area contributed by atoms with Crippen molar-refractivity contribution in [2.24, 2.45) is 5.73 Å². The van der Waals surface area contributed by atoms with Crippen molar-refractivity contribution in [2.75, 3.05) is 7.11 Å². The minimum Gasteiger partial charge on any atom is -0.479 e. The van der Waals surface area contributed by atoms with Crippen molar-refractivity contribution < 1.29 is 14.3 Å². The topological polar surface area (TPSA) is 61.5 Å². The fourth-order valence-corrected chi connectivity index (χ4v) is 1.73. The molecule has 0 aliphatic rings. The predicted octanol–water partition coefficient (Wildman–Crippen LogP) is 2.41. The third kappa shape index (κ3) is 3.71. The van der Waals surface area contributed by atoms with Crippen molar-refractivity contribution >= 4 is 21.9 Å². The van der Waals surface area contributed by atoms with Crippen molar-refractivity contribution in [1.29, 1.82) is 0 Å². The average Bonchev–Trinajstić information content (AvgIpc) is 2.27. The van der Waals surface area contributed by atoms with Crippen LogP contribution in [0.5, 0.6) is 5.75 Å². The molecule has 1 aromatic rings. The summed E-state index contributed by atoms with van der Waals surface area (Å²) >= 11 is 3.35. The molecule has 0 aliphatic carbocycles. The quantitative estimate of drug-likeness (QED) is 0.868. The molecule has 94 valence electrons. The Morgan fingerprint density at radius 1 is 1.41 bits per heavy atom. The summed E-state index contributed by atoms with van der Waals surface area (Å²) < 4.78 is 11.0. The van der Waals surface area contributed by atoms with Gasteiger partial charge in [0, 0.05) is 16.1 Å². The Morgan fingerprint density at radius 2 is 2.06 bits per heavy atom. The lowest BCUT2D eigenvalue weighted by molar-refractivity contribution is -0.147. The highest BCUT2D eigenvalue weighted by atomic mass is 79.9. The molecule has 0 spiro atoms. The second-order valence-corrected chi connectivity index (χ2v) is 4.67. The molecular formula is C12H16BrNO3. The third-order valence-corrected chi connectivity index (χ3v) is 2.80. The molecule has 1 unspecified atom stereocenters. The molecule has 0 heterocycles. The molecule has 0 radical (unpaired) electrons. The van der Waals surface area contributed by atoms with E-state index in [2.05, 4.69) is 20.7 Å². The van der Waals surface area contributed by atoms with E-state index < -0.39 is 12.1 Å². The van der Waals surface area contributed by atoms with Crippen LogP contribution in [0.1, 0.15) is 25.5 Å². The number of hydrogen-bond acceptors (Lipinski definition) is 4. The van der Waals surface area contributed by atoms with E-state index >= 15 is 0 Å². The first-order valence-corrected chi connectivity index (χ1v) is 6.04. The Morgan fingerprint density at radius 3 is 2.59 bits per heavy atom. The Hall–Kier alpha value is -1.07. The van der Waals surface area contributed by atoms with Crippen LogP contribution in [-0.4, -0.2) is 19.2 Å². The van der Waals surface area contributed by atoms with Gasteiger partial charge in [-0.05, 0) is 26.0 Å². The van der Waals surface area contributed by atoms with E-state index in [0.29, 0.717) is 5.75 Å². The van der Waals surface area contributed by atoms with Gasteiger partial charge in [0.05, 0.1) is 7.11 Å².